The molecule has 6 rings (SSSR count). The van der Waals surface area contributed by atoms with Gasteiger partial charge in [0.05, 0.1) is 17.6 Å². The number of alkyl halides is 3. The van der Waals surface area contributed by atoms with Crippen molar-refractivity contribution in [2.45, 2.75) is 57.0 Å². The second-order valence-corrected chi connectivity index (χ2v) is 11.2. The summed E-state index contributed by atoms with van der Waals surface area (Å²) < 4.78 is 57.7. The summed E-state index contributed by atoms with van der Waals surface area (Å²) in [5, 5.41) is 0. The number of carbonyl (C=O) groups excluding carboxylic acids is 1. The highest BCUT2D eigenvalue weighted by molar-refractivity contribution is 5.82. The Morgan fingerprint density at radius 3 is 2.07 bits per heavy atom. The van der Waals surface area contributed by atoms with Gasteiger partial charge in [-0.3, -0.25) is 9.69 Å². The van der Waals surface area contributed by atoms with Crippen molar-refractivity contribution < 1.29 is 22.4 Å². The van der Waals surface area contributed by atoms with Crippen molar-refractivity contribution in [3.63, 3.8) is 0 Å². The predicted octanol–water partition coefficient (Wildman–Crippen LogP) is 7.38. The molecule has 0 aromatic heterocycles. The van der Waals surface area contributed by atoms with Gasteiger partial charge in [-0.1, -0.05) is 84.9 Å². The Hall–Kier alpha value is -3.97. The van der Waals surface area contributed by atoms with Crippen molar-refractivity contribution in [2.24, 2.45) is 0 Å². The maximum Gasteiger partial charge on any atom is 0.416 e. The number of benzene rings is 4. The summed E-state index contributed by atoms with van der Waals surface area (Å²) >= 11 is 0. The molecule has 7 heteroatoms. The molecule has 42 heavy (non-hydrogen) atoms. The molecule has 0 saturated heterocycles. The van der Waals surface area contributed by atoms with Crippen LogP contribution in [-0.4, -0.2) is 34.3 Å². The van der Waals surface area contributed by atoms with Crippen molar-refractivity contribution in [2.75, 3.05) is 6.54 Å². The Morgan fingerprint density at radius 1 is 0.833 bits per heavy atom. The fourth-order valence-electron chi connectivity index (χ4n) is 6.68. The number of halogens is 4. The molecule has 1 aliphatic heterocycles. The summed E-state index contributed by atoms with van der Waals surface area (Å²) in [5.74, 6) is -0.604. The molecular weight excluding hydrogens is 540 g/mol. The third-order valence-electron chi connectivity index (χ3n) is 8.79. The summed E-state index contributed by atoms with van der Waals surface area (Å²) in [6.07, 6.45) is -2.65. The van der Waals surface area contributed by atoms with Gasteiger partial charge in [-0.2, -0.15) is 13.2 Å². The van der Waals surface area contributed by atoms with E-state index < -0.39 is 23.8 Å². The third-order valence-corrected chi connectivity index (χ3v) is 8.79. The standard InChI is InChI=1S/C35H32F4N2O/c1-23(34(42)41(22-27-13-5-9-17-32(27)36)28-20-25-11-2-3-12-26(25)21-28)40-19-18-24-10-4-6-14-29(24)33(40)30-15-7-8-16-31(30)35(37,38)39/h2-17,23,28,33H,18-22H2,1H3/t23-,33+/m0/s1. The van der Waals surface area contributed by atoms with Crippen LogP contribution < -0.4 is 0 Å². The Bertz CT molecular complexity index is 1570. The zero-order chi connectivity index (χ0) is 29.4. The fourth-order valence-corrected chi connectivity index (χ4v) is 6.68. The molecule has 0 N–H and O–H groups in total. The van der Waals surface area contributed by atoms with E-state index in [-0.39, 0.29) is 29.9 Å². The number of carbonyl (C=O) groups is 1. The molecule has 2 atom stereocenters. The molecule has 0 unspecified atom stereocenters. The van der Waals surface area contributed by atoms with Crippen LogP contribution in [0.4, 0.5) is 17.6 Å². The highest BCUT2D eigenvalue weighted by Crippen LogP contribution is 2.43. The lowest BCUT2D eigenvalue weighted by atomic mass is 9.85. The molecule has 0 bridgehead atoms. The van der Waals surface area contributed by atoms with Crippen molar-refractivity contribution in [1.29, 1.82) is 0 Å². The zero-order valence-corrected chi connectivity index (χ0v) is 23.3. The second kappa shape index (κ2) is 11.4. The van der Waals surface area contributed by atoms with Crippen LogP contribution in [0.5, 0.6) is 0 Å². The van der Waals surface area contributed by atoms with E-state index in [1.165, 1.54) is 18.2 Å². The lowest BCUT2D eigenvalue weighted by Crippen LogP contribution is -2.53. The van der Waals surface area contributed by atoms with Crippen LogP contribution in [0.3, 0.4) is 0 Å². The first kappa shape index (κ1) is 28.2. The van der Waals surface area contributed by atoms with Gasteiger partial charge >= 0.3 is 6.18 Å². The Labute approximate surface area is 243 Å². The minimum atomic E-state index is -4.55. The van der Waals surface area contributed by atoms with Crippen LogP contribution in [0.1, 0.15) is 51.9 Å². The summed E-state index contributed by atoms with van der Waals surface area (Å²) in [4.78, 5) is 18.1. The number of nitrogens with zero attached hydrogens (tertiary/aromatic N) is 2. The van der Waals surface area contributed by atoms with E-state index in [1.807, 2.05) is 41.3 Å². The van der Waals surface area contributed by atoms with Gasteiger partial charge in [0.1, 0.15) is 5.82 Å². The molecule has 1 aliphatic carbocycles. The average molecular weight is 573 g/mol. The first-order chi connectivity index (χ1) is 20.2. The van der Waals surface area contributed by atoms with Crippen molar-refractivity contribution >= 4 is 5.91 Å². The quantitative estimate of drug-likeness (QED) is 0.225. The third kappa shape index (κ3) is 5.34. The van der Waals surface area contributed by atoms with Crippen LogP contribution in [0.25, 0.3) is 0 Å². The minimum Gasteiger partial charge on any atom is -0.333 e. The zero-order valence-electron chi connectivity index (χ0n) is 23.3. The number of fused-ring (bicyclic) bond motifs is 2. The van der Waals surface area contributed by atoms with E-state index in [1.54, 1.807) is 36.1 Å². The largest absolute Gasteiger partial charge is 0.416 e. The van der Waals surface area contributed by atoms with E-state index in [4.69, 9.17) is 0 Å². The summed E-state index contributed by atoms with van der Waals surface area (Å²) in [5.41, 5.74) is 3.91. The molecular formula is C35H32F4N2O. The van der Waals surface area contributed by atoms with Crippen LogP contribution in [0, 0.1) is 5.82 Å². The van der Waals surface area contributed by atoms with Gasteiger partial charge in [-0.05, 0) is 66.1 Å². The molecule has 0 spiro atoms. The normalized spacial score (nSPS) is 17.9. The van der Waals surface area contributed by atoms with E-state index in [0.717, 1.165) is 28.3 Å². The number of amides is 1. The van der Waals surface area contributed by atoms with Crippen molar-refractivity contribution in [1.82, 2.24) is 9.80 Å². The summed E-state index contributed by atoms with van der Waals surface area (Å²) in [7, 11) is 0. The van der Waals surface area contributed by atoms with Crippen molar-refractivity contribution in [3.05, 3.63) is 142 Å². The van der Waals surface area contributed by atoms with Crippen LogP contribution >= 0.6 is 0 Å². The molecule has 1 amide bonds. The van der Waals surface area contributed by atoms with Gasteiger partial charge in [-0.25, -0.2) is 4.39 Å². The fraction of sp³-hybridized carbons (Fsp3) is 0.286. The van der Waals surface area contributed by atoms with Gasteiger partial charge < -0.3 is 4.90 Å². The van der Waals surface area contributed by atoms with Crippen LogP contribution in [-0.2, 0) is 36.8 Å². The number of hydrogen-bond acceptors (Lipinski definition) is 2. The Balaban J connectivity index is 1.39. The van der Waals surface area contributed by atoms with Gasteiger partial charge in [0.2, 0.25) is 5.91 Å². The molecule has 0 saturated carbocycles. The highest BCUT2D eigenvalue weighted by Gasteiger charge is 2.42. The molecule has 216 valence electrons. The van der Waals surface area contributed by atoms with Gasteiger partial charge in [0.25, 0.3) is 0 Å². The lowest BCUT2D eigenvalue weighted by Gasteiger charge is -2.43. The summed E-state index contributed by atoms with van der Waals surface area (Å²) in [6, 6.07) is 26.0. The highest BCUT2D eigenvalue weighted by atomic mass is 19.4. The van der Waals surface area contributed by atoms with E-state index in [2.05, 4.69) is 12.1 Å². The molecule has 2 aliphatic rings. The van der Waals surface area contributed by atoms with Gasteiger partial charge in [-0.15, -0.1) is 0 Å². The molecule has 0 radical (unpaired) electrons. The predicted molar refractivity (Wildman–Crippen MR) is 154 cm³/mol. The lowest BCUT2D eigenvalue weighted by molar-refractivity contribution is -0.141. The van der Waals surface area contributed by atoms with Crippen LogP contribution in [0.15, 0.2) is 97.1 Å². The Morgan fingerprint density at radius 2 is 1.40 bits per heavy atom. The first-order valence-electron chi connectivity index (χ1n) is 14.3. The SMILES string of the molecule is C[C@@H](C(=O)N(Cc1ccccc1F)C1Cc2ccccc2C1)N1CCc2ccccc2[C@@H]1c1ccccc1C(F)(F)F. The minimum absolute atomic E-state index is 0.0860. The molecule has 4 aromatic rings. The average Bonchev–Trinajstić information content (AvgIpc) is 3.43. The second-order valence-electron chi connectivity index (χ2n) is 11.2. The van der Waals surface area contributed by atoms with E-state index in [9.17, 15) is 22.4 Å². The number of rotatable bonds is 6. The monoisotopic (exact) mass is 572 g/mol. The smallest absolute Gasteiger partial charge is 0.333 e. The molecule has 0 fully saturated rings. The van der Waals surface area contributed by atoms with Gasteiger partial charge in [0.15, 0.2) is 0 Å². The maximum atomic E-state index is 14.9. The van der Waals surface area contributed by atoms with Crippen LogP contribution in [0.2, 0.25) is 0 Å². The van der Waals surface area contributed by atoms with Gasteiger partial charge in [0, 0.05) is 24.7 Å². The maximum absolute atomic E-state index is 14.9. The van der Waals surface area contributed by atoms with E-state index >= 15 is 0 Å². The van der Waals surface area contributed by atoms with E-state index in [0.29, 0.717) is 31.4 Å². The number of hydrogen-bond donors (Lipinski definition) is 0. The molecule has 4 aromatic carbocycles. The van der Waals surface area contributed by atoms with Crippen molar-refractivity contribution in [3.8, 4) is 0 Å². The molecule has 3 nitrogen and oxygen atoms in total. The summed E-state index contributed by atoms with van der Waals surface area (Å²) in [6.45, 7) is 2.28. The molecule has 1 heterocycles. The topological polar surface area (TPSA) is 23.6 Å². The first-order valence-corrected chi connectivity index (χ1v) is 14.3. The Kier molecular flexibility index (Phi) is 7.62.